The van der Waals surface area contributed by atoms with E-state index in [9.17, 15) is 13.2 Å². The van der Waals surface area contributed by atoms with Crippen LogP contribution in [0.15, 0.2) is 18.5 Å². The van der Waals surface area contributed by atoms with Crippen LogP contribution in [0.4, 0.5) is 19.1 Å². The van der Waals surface area contributed by atoms with Crippen LogP contribution in [0.1, 0.15) is 18.5 Å². The van der Waals surface area contributed by atoms with Crippen LogP contribution in [0.25, 0.3) is 11.4 Å². The minimum atomic E-state index is -4.75. The van der Waals surface area contributed by atoms with Crippen LogP contribution in [-0.4, -0.2) is 39.3 Å². The number of halogens is 3. The Hall–Kier alpha value is -2.49. The molecule has 1 aliphatic heterocycles. The van der Waals surface area contributed by atoms with Crippen molar-refractivity contribution in [2.45, 2.75) is 25.1 Å². The number of nitrogen functional groups attached to an aromatic ring is 1. The Bertz CT molecular complexity index is 706. The molecule has 0 spiro atoms. The largest absolute Gasteiger partial charge is 0.474 e. The lowest BCUT2D eigenvalue weighted by atomic mass is 10.1. The molecule has 24 heavy (non-hydrogen) atoms. The maximum absolute atomic E-state index is 13.4. The molecular weight excluding hydrogens is 327 g/mol. The summed E-state index contributed by atoms with van der Waals surface area (Å²) >= 11 is 0. The van der Waals surface area contributed by atoms with Gasteiger partial charge in [-0.3, -0.25) is 0 Å². The number of hydrogen-bond donors (Lipinski definition) is 1. The summed E-state index contributed by atoms with van der Waals surface area (Å²) in [5.74, 6) is -0.969. The lowest BCUT2D eigenvalue weighted by molar-refractivity contribution is -0.140. The fraction of sp³-hybridized carbons (Fsp3) is 0.429. The summed E-state index contributed by atoms with van der Waals surface area (Å²) < 4.78 is 51.1. The molecule has 2 N–H and O–H groups in total. The molecule has 0 radical (unpaired) electrons. The van der Waals surface area contributed by atoms with E-state index in [1.165, 1.54) is 18.5 Å². The predicted molar refractivity (Wildman–Crippen MR) is 76.9 cm³/mol. The van der Waals surface area contributed by atoms with E-state index in [0.717, 1.165) is 0 Å². The van der Waals surface area contributed by atoms with Crippen LogP contribution < -0.4 is 10.5 Å². The Labute approximate surface area is 135 Å². The van der Waals surface area contributed by atoms with E-state index in [4.69, 9.17) is 15.2 Å². The second-order valence-corrected chi connectivity index (χ2v) is 5.11. The Morgan fingerprint density at radius 1 is 1.12 bits per heavy atom. The highest BCUT2D eigenvalue weighted by Gasteiger charge is 2.40. The highest BCUT2D eigenvalue weighted by Crippen LogP contribution is 2.39. The smallest absolute Gasteiger partial charge is 0.434 e. The lowest BCUT2D eigenvalue weighted by Gasteiger charge is -2.24. The van der Waals surface area contributed by atoms with Crippen molar-refractivity contribution in [3.63, 3.8) is 0 Å². The van der Waals surface area contributed by atoms with Crippen molar-refractivity contribution in [3.8, 4) is 17.3 Å². The van der Waals surface area contributed by atoms with Gasteiger partial charge in [-0.05, 0) is 6.07 Å². The zero-order chi connectivity index (χ0) is 17.2. The summed E-state index contributed by atoms with van der Waals surface area (Å²) in [4.78, 5) is 14.9. The number of nitrogens with two attached hydrogens (primary N) is 1. The molecule has 1 saturated heterocycles. The topological polar surface area (TPSA) is 96.0 Å². The van der Waals surface area contributed by atoms with Crippen LogP contribution in [0.5, 0.6) is 5.88 Å². The van der Waals surface area contributed by atoms with Gasteiger partial charge in [0.25, 0.3) is 0 Å². The number of aromatic nitrogens is 4. The molecule has 0 unspecified atom stereocenters. The molecule has 1 aliphatic rings. The van der Waals surface area contributed by atoms with Crippen LogP contribution in [0, 0.1) is 0 Å². The molecule has 0 aromatic carbocycles. The van der Waals surface area contributed by atoms with E-state index in [2.05, 4.69) is 19.9 Å². The summed E-state index contributed by atoms with van der Waals surface area (Å²) in [5, 5.41) is 0. The minimum Gasteiger partial charge on any atom is -0.474 e. The van der Waals surface area contributed by atoms with Gasteiger partial charge in [0.15, 0.2) is 11.5 Å². The van der Waals surface area contributed by atoms with E-state index >= 15 is 0 Å². The fourth-order valence-electron chi connectivity index (χ4n) is 2.33. The second-order valence-electron chi connectivity index (χ2n) is 5.11. The summed E-state index contributed by atoms with van der Waals surface area (Å²) in [5.41, 5.74) is 3.81. The highest BCUT2D eigenvalue weighted by molar-refractivity contribution is 5.66. The van der Waals surface area contributed by atoms with Gasteiger partial charge in [-0.1, -0.05) is 0 Å². The first-order valence-electron chi connectivity index (χ1n) is 7.21. The average Bonchev–Trinajstić information content (AvgIpc) is 2.55. The van der Waals surface area contributed by atoms with E-state index in [1.54, 1.807) is 0 Å². The van der Waals surface area contributed by atoms with Gasteiger partial charge < -0.3 is 15.2 Å². The van der Waals surface area contributed by atoms with Crippen molar-refractivity contribution in [1.82, 2.24) is 19.9 Å². The first kappa shape index (κ1) is 16.4. The minimum absolute atomic E-state index is 0.174. The molecule has 2 aromatic rings. The van der Waals surface area contributed by atoms with E-state index in [1.807, 2.05) is 0 Å². The molecule has 0 bridgehead atoms. The lowest BCUT2D eigenvalue weighted by Crippen LogP contribution is -2.27. The zero-order valence-electron chi connectivity index (χ0n) is 12.5. The van der Waals surface area contributed by atoms with Crippen LogP contribution in [0.2, 0.25) is 0 Å². The normalized spacial score (nSPS) is 16.1. The van der Waals surface area contributed by atoms with Gasteiger partial charge in [-0.15, -0.1) is 0 Å². The number of nitrogens with zero attached hydrogens (tertiary/aromatic N) is 4. The third kappa shape index (κ3) is 3.53. The van der Waals surface area contributed by atoms with Crippen molar-refractivity contribution in [2.24, 2.45) is 0 Å². The van der Waals surface area contributed by atoms with E-state index in [0.29, 0.717) is 26.1 Å². The number of anilines is 1. The molecule has 3 heterocycles. The van der Waals surface area contributed by atoms with Crippen molar-refractivity contribution < 1.29 is 22.6 Å². The molecule has 3 rings (SSSR count). The van der Waals surface area contributed by atoms with Crippen LogP contribution in [0.3, 0.4) is 0 Å². The summed E-state index contributed by atoms with van der Waals surface area (Å²) in [6.07, 6.45) is -1.33. The number of hydrogen-bond acceptors (Lipinski definition) is 7. The Morgan fingerprint density at radius 3 is 2.42 bits per heavy atom. The molecule has 0 aliphatic carbocycles. The monoisotopic (exact) mass is 341 g/mol. The zero-order valence-corrected chi connectivity index (χ0v) is 12.5. The fourth-order valence-corrected chi connectivity index (χ4v) is 2.33. The van der Waals surface area contributed by atoms with Gasteiger partial charge in [0, 0.05) is 25.2 Å². The second kappa shape index (κ2) is 6.56. The molecule has 7 nitrogen and oxygen atoms in total. The number of alkyl halides is 3. The van der Waals surface area contributed by atoms with Gasteiger partial charge >= 0.3 is 6.18 Å². The molecule has 128 valence electrons. The van der Waals surface area contributed by atoms with E-state index in [-0.39, 0.29) is 17.8 Å². The van der Waals surface area contributed by atoms with Gasteiger partial charge in [0.2, 0.25) is 11.8 Å². The molecule has 0 atom stereocenters. The van der Waals surface area contributed by atoms with Crippen molar-refractivity contribution >= 4 is 5.95 Å². The Kier molecular flexibility index (Phi) is 4.47. The van der Waals surface area contributed by atoms with Crippen molar-refractivity contribution in [2.75, 3.05) is 18.9 Å². The van der Waals surface area contributed by atoms with Crippen LogP contribution in [-0.2, 0) is 10.9 Å². The summed E-state index contributed by atoms with van der Waals surface area (Å²) in [7, 11) is 0. The van der Waals surface area contributed by atoms with Gasteiger partial charge in [0.1, 0.15) is 11.7 Å². The maximum atomic E-state index is 13.4. The van der Waals surface area contributed by atoms with Gasteiger partial charge in [0.05, 0.1) is 13.2 Å². The Balaban J connectivity index is 2.10. The predicted octanol–water partition coefficient (Wildman–Crippen LogP) is 2.09. The molecule has 1 fully saturated rings. The summed E-state index contributed by atoms with van der Waals surface area (Å²) in [6, 6.07) is 1.49. The Morgan fingerprint density at radius 2 is 1.79 bits per heavy atom. The van der Waals surface area contributed by atoms with Crippen molar-refractivity contribution in [3.05, 3.63) is 24.2 Å². The third-order valence-corrected chi connectivity index (χ3v) is 3.40. The molecular formula is C14H14F3N5O2. The standard InChI is InChI=1S/C14H14F3N5O2/c15-14(16,17)10-9(11-19-4-1-5-20-11)12(22-13(18)21-10)24-8-2-6-23-7-3-8/h1,4-5,8H,2-3,6-7H2,(H2,18,21,22). The summed E-state index contributed by atoms with van der Waals surface area (Å²) in [6.45, 7) is 0.934. The molecule has 2 aromatic heterocycles. The molecule has 10 heteroatoms. The number of ether oxygens (including phenoxy) is 2. The van der Waals surface area contributed by atoms with Gasteiger partial charge in [-0.2, -0.15) is 18.2 Å². The highest BCUT2D eigenvalue weighted by atomic mass is 19.4. The first-order chi connectivity index (χ1) is 11.4. The number of rotatable bonds is 3. The molecule has 0 saturated carbocycles. The average molecular weight is 341 g/mol. The molecule has 0 amide bonds. The first-order valence-corrected chi connectivity index (χ1v) is 7.21. The third-order valence-electron chi connectivity index (χ3n) is 3.40. The van der Waals surface area contributed by atoms with E-state index < -0.39 is 23.4 Å². The quantitative estimate of drug-likeness (QED) is 0.913. The van der Waals surface area contributed by atoms with Gasteiger partial charge in [-0.25, -0.2) is 15.0 Å². The maximum Gasteiger partial charge on any atom is 0.434 e. The van der Waals surface area contributed by atoms with Crippen LogP contribution >= 0.6 is 0 Å². The SMILES string of the molecule is Nc1nc(OC2CCOCC2)c(-c2ncccn2)c(C(F)(F)F)n1. The van der Waals surface area contributed by atoms with Crippen molar-refractivity contribution in [1.29, 1.82) is 0 Å².